The molecular weight excluding hydrogens is 366 g/mol. The van der Waals surface area contributed by atoms with Crippen molar-refractivity contribution in [3.8, 4) is 0 Å². The number of piperazine rings is 1. The predicted molar refractivity (Wildman–Crippen MR) is 100.0 cm³/mol. The molecular formula is C19H25N3O4S. The van der Waals surface area contributed by atoms with Crippen LogP contribution in [0.15, 0.2) is 23.1 Å². The number of rotatable bonds is 3. The summed E-state index contributed by atoms with van der Waals surface area (Å²) in [6.45, 7) is 5.45. The van der Waals surface area contributed by atoms with Gasteiger partial charge in [-0.25, -0.2) is 12.7 Å². The quantitative estimate of drug-likeness (QED) is 0.843. The fourth-order valence-electron chi connectivity index (χ4n) is 4.28. The number of carbonyl (C=O) groups is 2. The molecule has 27 heavy (non-hydrogen) atoms. The molecule has 1 N–H and O–H groups in total. The van der Waals surface area contributed by atoms with E-state index >= 15 is 0 Å². The fourth-order valence-corrected chi connectivity index (χ4v) is 6.07. The van der Waals surface area contributed by atoms with Crippen LogP contribution in [0.4, 0.5) is 0 Å². The first-order valence-electron chi connectivity index (χ1n) is 9.57. The monoisotopic (exact) mass is 391 g/mol. The summed E-state index contributed by atoms with van der Waals surface area (Å²) in [5, 5.41) is 3.36. The Morgan fingerprint density at radius 2 is 2.00 bits per heavy atom. The minimum absolute atomic E-state index is 0.0534. The molecule has 1 aromatic carbocycles. The molecule has 0 radical (unpaired) electrons. The molecule has 146 valence electrons. The lowest BCUT2D eigenvalue weighted by molar-refractivity contribution is 0.0446. The van der Waals surface area contributed by atoms with E-state index in [1.165, 1.54) is 18.6 Å². The molecule has 1 aromatic rings. The van der Waals surface area contributed by atoms with E-state index in [0.717, 1.165) is 30.2 Å². The van der Waals surface area contributed by atoms with Gasteiger partial charge in [0.25, 0.3) is 21.8 Å². The Balaban J connectivity index is 1.67. The number of amides is 2. The molecule has 0 spiro atoms. The maximum atomic E-state index is 13.2. The lowest BCUT2D eigenvalue weighted by Crippen LogP contribution is -2.57. The van der Waals surface area contributed by atoms with Gasteiger partial charge in [-0.15, -0.1) is 0 Å². The van der Waals surface area contributed by atoms with Gasteiger partial charge in [-0.05, 0) is 50.8 Å². The van der Waals surface area contributed by atoms with E-state index in [4.69, 9.17) is 0 Å². The third-order valence-electron chi connectivity index (χ3n) is 5.90. The van der Waals surface area contributed by atoms with E-state index < -0.39 is 22.0 Å². The number of hydrogen-bond donors (Lipinski definition) is 1. The van der Waals surface area contributed by atoms with Crippen LogP contribution in [0.5, 0.6) is 0 Å². The second-order valence-electron chi connectivity index (χ2n) is 7.87. The number of nitrogens with zero attached hydrogens (tertiary/aromatic N) is 2. The number of sulfonamides is 1. The van der Waals surface area contributed by atoms with Gasteiger partial charge in [-0.3, -0.25) is 9.59 Å². The number of benzene rings is 1. The van der Waals surface area contributed by atoms with Crippen molar-refractivity contribution in [2.45, 2.75) is 50.1 Å². The van der Waals surface area contributed by atoms with Gasteiger partial charge in [0.1, 0.15) is 4.90 Å². The second kappa shape index (κ2) is 6.60. The third kappa shape index (κ3) is 2.86. The Bertz CT molecular complexity index is 892. The van der Waals surface area contributed by atoms with Crippen molar-refractivity contribution in [3.63, 3.8) is 0 Å². The Morgan fingerprint density at radius 3 is 2.63 bits per heavy atom. The largest absolute Gasteiger partial charge is 0.333 e. The molecule has 3 aliphatic rings. The Kier molecular flexibility index (Phi) is 4.50. The number of carbonyl (C=O) groups excluding carboxylic acids is 2. The van der Waals surface area contributed by atoms with Crippen molar-refractivity contribution in [1.29, 1.82) is 0 Å². The minimum Gasteiger partial charge on any atom is -0.333 e. The van der Waals surface area contributed by atoms with Crippen molar-refractivity contribution in [2.75, 3.05) is 19.6 Å². The summed E-state index contributed by atoms with van der Waals surface area (Å²) in [6.07, 6.45) is 3.46. The first-order valence-corrected chi connectivity index (χ1v) is 11.0. The van der Waals surface area contributed by atoms with Crippen LogP contribution >= 0.6 is 0 Å². The van der Waals surface area contributed by atoms with Crippen LogP contribution in [0.1, 0.15) is 53.8 Å². The van der Waals surface area contributed by atoms with Crippen molar-refractivity contribution >= 4 is 21.8 Å². The molecule has 1 unspecified atom stereocenters. The molecule has 7 nitrogen and oxygen atoms in total. The van der Waals surface area contributed by atoms with Gasteiger partial charge >= 0.3 is 0 Å². The summed E-state index contributed by atoms with van der Waals surface area (Å²) in [7, 11) is -3.90. The Labute approximate surface area is 159 Å². The van der Waals surface area contributed by atoms with Crippen LogP contribution in [0.3, 0.4) is 0 Å². The minimum atomic E-state index is -3.90. The maximum Gasteiger partial charge on any atom is 0.269 e. The predicted octanol–water partition coefficient (Wildman–Crippen LogP) is 1.45. The summed E-state index contributed by atoms with van der Waals surface area (Å²) in [6, 6.07) is 4.13. The number of hydrogen-bond acceptors (Lipinski definition) is 5. The lowest BCUT2D eigenvalue weighted by Gasteiger charge is -2.44. The highest BCUT2D eigenvalue weighted by molar-refractivity contribution is 7.90. The molecule has 2 aliphatic heterocycles. The van der Waals surface area contributed by atoms with E-state index in [1.54, 1.807) is 19.9 Å². The molecule has 0 aromatic heterocycles. The molecule has 0 bridgehead atoms. The summed E-state index contributed by atoms with van der Waals surface area (Å²) in [5.74, 6) is -0.159. The van der Waals surface area contributed by atoms with Crippen LogP contribution in [-0.4, -0.2) is 61.2 Å². The smallest absolute Gasteiger partial charge is 0.269 e. The topological polar surface area (TPSA) is 86.8 Å². The second-order valence-corrected chi connectivity index (χ2v) is 9.66. The van der Waals surface area contributed by atoms with E-state index in [9.17, 15) is 18.0 Å². The fraction of sp³-hybridized carbons (Fsp3) is 0.579. The van der Waals surface area contributed by atoms with Crippen molar-refractivity contribution < 1.29 is 18.0 Å². The van der Waals surface area contributed by atoms with Crippen molar-refractivity contribution in [2.24, 2.45) is 5.92 Å². The summed E-state index contributed by atoms with van der Waals surface area (Å²) in [5.41, 5.74) is 0.484. The molecule has 2 amide bonds. The average Bonchev–Trinajstić information content (AvgIpc) is 2.79. The van der Waals surface area contributed by atoms with Crippen LogP contribution in [0, 0.1) is 5.92 Å². The van der Waals surface area contributed by atoms with Crippen LogP contribution in [0.2, 0.25) is 0 Å². The number of nitrogens with one attached hydrogen (secondary N) is 1. The summed E-state index contributed by atoms with van der Waals surface area (Å²) < 4.78 is 26.5. The van der Waals surface area contributed by atoms with Crippen molar-refractivity contribution in [1.82, 2.24) is 14.5 Å². The zero-order valence-corrected chi connectivity index (χ0v) is 16.5. The number of fused-ring (bicyclic) bond motifs is 1. The first kappa shape index (κ1) is 18.4. The SMILES string of the molecule is CC(C)N1C(=O)c2ccc(C(=O)N3CCNCC3C3CCC3)cc2S1(=O)=O. The van der Waals surface area contributed by atoms with E-state index in [2.05, 4.69) is 5.32 Å². The van der Waals surface area contributed by atoms with Crippen molar-refractivity contribution in [3.05, 3.63) is 29.3 Å². The van der Waals surface area contributed by atoms with Crippen LogP contribution < -0.4 is 5.32 Å². The average molecular weight is 391 g/mol. The van der Waals surface area contributed by atoms with E-state index in [0.29, 0.717) is 18.0 Å². The third-order valence-corrected chi connectivity index (χ3v) is 7.90. The molecule has 2 heterocycles. The Hall–Kier alpha value is -1.93. The zero-order valence-electron chi connectivity index (χ0n) is 15.6. The Morgan fingerprint density at radius 1 is 1.26 bits per heavy atom. The molecule has 8 heteroatoms. The van der Waals surface area contributed by atoms with Gasteiger partial charge in [0.2, 0.25) is 0 Å². The van der Waals surface area contributed by atoms with Gasteiger partial charge in [0.05, 0.1) is 5.56 Å². The van der Waals surface area contributed by atoms with Gasteiger partial charge in [-0.2, -0.15) is 0 Å². The molecule has 1 saturated heterocycles. The highest BCUT2D eigenvalue weighted by atomic mass is 32.2. The van der Waals surface area contributed by atoms with E-state index in [-0.39, 0.29) is 22.4 Å². The normalized spacial score (nSPS) is 24.9. The van der Waals surface area contributed by atoms with Crippen LogP contribution in [-0.2, 0) is 10.0 Å². The molecule has 2 fully saturated rings. The molecule has 1 saturated carbocycles. The summed E-state index contributed by atoms with van der Waals surface area (Å²) in [4.78, 5) is 27.5. The van der Waals surface area contributed by atoms with Gasteiger partial charge in [-0.1, -0.05) is 6.42 Å². The first-order chi connectivity index (χ1) is 12.8. The molecule has 4 rings (SSSR count). The highest BCUT2D eigenvalue weighted by Gasteiger charge is 2.43. The van der Waals surface area contributed by atoms with Crippen LogP contribution in [0.25, 0.3) is 0 Å². The molecule has 1 aliphatic carbocycles. The maximum absolute atomic E-state index is 13.2. The lowest BCUT2D eigenvalue weighted by atomic mass is 9.78. The van der Waals surface area contributed by atoms with Gasteiger partial charge in [0, 0.05) is 37.3 Å². The molecule has 1 atom stereocenters. The van der Waals surface area contributed by atoms with Gasteiger partial charge in [0.15, 0.2) is 0 Å². The summed E-state index contributed by atoms with van der Waals surface area (Å²) >= 11 is 0. The van der Waals surface area contributed by atoms with Gasteiger partial charge < -0.3 is 10.2 Å². The van der Waals surface area contributed by atoms with E-state index in [1.807, 2.05) is 4.90 Å². The highest BCUT2D eigenvalue weighted by Crippen LogP contribution is 2.35. The standard InChI is InChI=1S/C19H25N3O4S/c1-12(2)22-19(24)15-7-6-14(10-17(15)27(22,25)26)18(23)21-9-8-20-11-16(21)13-4-3-5-13/h6-7,10,12-13,16,20H,3-5,8-9,11H2,1-2H3. The zero-order chi connectivity index (χ0) is 19.3.